The van der Waals surface area contributed by atoms with Crippen LogP contribution in [-0.2, 0) is 21.2 Å². The molecule has 2 fully saturated rings. The smallest absolute Gasteiger partial charge is 0.211 e. The first kappa shape index (κ1) is 23.2. The van der Waals surface area contributed by atoms with Gasteiger partial charge >= 0.3 is 0 Å². The molecule has 10 nitrogen and oxygen atoms in total. The molecule has 1 atom stereocenters. The SMILES string of the molecule is CS(=O)(=O)N1CCN(C[C@@H]2Cc3nc(-c4cccc5[nH]ncc45)nc(N4CCOCC4)c3S2)CC1. The molecule has 2 aromatic heterocycles. The van der Waals surface area contributed by atoms with Gasteiger partial charge in [-0.05, 0) is 6.07 Å². The van der Waals surface area contributed by atoms with Gasteiger partial charge in [-0.2, -0.15) is 9.40 Å². The highest BCUT2D eigenvalue weighted by Gasteiger charge is 2.33. The molecule has 3 aromatic rings. The van der Waals surface area contributed by atoms with Crippen LogP contribution in [0.15, 0.2) is 29.3 Å². The van der Waals surface area contributed by atoms with Gasteiger partial charge in [0.05, 0.1) is 41.8 Å². The van der Waals surface area contributed by atoms with Crippen LogP contribution < -0.4 is 4.90 Å². The van der Waals surface area contributed by atoms with Gasteiger partial charge in [-0.3, -0.25) is 10.00 Å². The van der Waals surface area contributed by atoms with E-state index in [2.05, 4.69) is 26.1 Å². The van der Waals surface area contributed by atoms with Crippen LogP contribution in [0.2, 0.25) is 0 Å². The Hall–Kier alpha value is -2.25. The Morgan fingerprint density at radius 2 is 1.91 bits per heavy atom. The molecule has 0 spiro atoms. The minimum absolute atomic E-state index is 0.365. The molecule has 3 aliphatic heterocycles. The molecule has 3 aliphatic rings. The topological polar surface area (TPSA) is 108 Å². The van der Waals surface area contributed by atoms with Crippen LogP contribution in [0.3, 0.4) is 0 Å². The number of aromatic amines is 1. The van der Waals surface area contributed by atoms with E-state index < -0.39 is 10.0 Å². The fraction of sp³-hybridized carbons (Fsp3) is 0.522. The summed E-state index contributed by atoms with van der Waals surface area (Å²) >= 11 is 1.87. The molecule has 0 amide bonds. The van der Waals surface area contributed by atoms with Gasteiger partial charge < -0.3 is 9.64 Å². The Morgan fingerprint density at radius 1 is 1.11 bits per heavy atom. The largest absolute Gasteiger partial charge is 0.378 e. The Kier molecular flexibility index (Phi) is 6.17. The Bertz CT molecular complexity index is 1330. The number of piperazine rings is 1. The standard InChI is InChI=1S/C23H29N7O3S2/c1-35(31,32)30-7-5-28(6-8-30)15-16-13-20-21(34-16)23(29-9-11-33-12-10-29)26-22(25-20)17-3-2-4-19-18(17)14-24-27-19/h2-4,14,16H,5-13,15H2,1H3,(H,24,27)/t16-/m0/s1. The number of nitrogens with one attached hydrogen (secondary N) is 1. The summed E-state index contributed by atoms with van der Waals surface area (Å²) in [6.07, 6.45) is 4.00. The highest BCUT2D eigenvalue weighted by atomic mass is 32.2. The summed E-state index contributed by atoms with van der Waals surface area (Å²) in [6, 6.07) is 6.08. The number of nitrogens with zero attached hydrogens (tertiary/aromatic N) is 6. The van der Waals surface area contributed by atoms with Crippen LogP contribution in [-0.4, -0.2) is 108 Å². The fourth-order valence-electron chi connectivity index (χ4n) is 5.07. The normalized spacial score (nSPS) is 22.1. The van der Waals surface area contributed by atoms with Crippen molar-refractivity contribution in [3.05, 3.63) is 30.1 Å². The van der Waals surface area contributed by atoms with E-state index >= 15 is 0 Å². The van der Waals surface area contributed by atoms with Crippen LogP contribution in [0.1, 0.15) is 5.69 Å². The number of anilines is 1. The van der Waals surface area contributed by atoms with E-state index in [0.29, 0.717) is 31.6 Å². The molecule has 35 heavy (non-hydrogen) atoms. The van der Waals surface area contributed by atoms with Gasteiger partial charge in [-0.1, -0.05) is 12.1 Å². The summed E-state index contributed by atoms with van der Waals surface area (Å²) in [6.45, 7) is 6.57. The van der Waals surface area contributed by atoms with Gasteiger partial charge in [0.15, 0.2) is 5.82 Å². The average molecular weight is 516 g/mol. The molecule has 0 saturated carbocycles. The number of H-pyrrole nitrogens is 1. The molecule has 0 bridgehead atoms. The molecule has 6 rings (SSSR count). The number of hydrogen-bond donors (Lipinski definition) is 1. The average Bonchev–Trinajstić information content (AvgIpc) is 3.50. The summed E-state index contributed by atoms with van der Waals surface area (Å²) in [5.74, 6) is 1.74. The zero-order chi connectivity index (χ0) is 24.0. The highest BCUT2D eigenvalue weighted by molar-refractivity contribution is 8.00. The van der Waals surface area contributed by atoms with E-state index in [4.69, 9.17) is 14.7 Å². The molecule has 0 radical (unpaired) electrons. The summed E-state index contributed by atoms with van der Waals surface area (Å²) in [5.41, 5.74) is 3.06. The number of fused-ring (bicyclic) bond motifs is 2. The van der Waals surface area contributed by atoms with Crippen molar-refractivity contribution < 1.29 is 13.2 Å². The van der Waals surface area contributed by atoms with Crippen LogP contribution in [0.4, 0.5) is 5.82 Å². The number of benzene rings is 1. The predicted octanol–water partition coefficient (Wildman–Crippen LogP) is 1.45. The van der Waals surface area contributed by atoms with Gasteiger partial charge in [0, 0.05) is 68.4 Å². The van der Waals surface area contributed by atoms with E-state index in [0.717, 1.165) is 72.9 Å². The van der Waals surface area contributed by atoms with Gasteiger partial charge in [0.2, 0.25) is 10.0 Å². The maximum atomic E-state index is 11.9. The molecule has 5 heterocycles. The molecule has 12 heteroatoms. The van der Waals surface area contributed by atoms with E-state index in [9.17, 15) is 8.42 Å². The second-order valence-electron chi connectivity index (χ2n) is 9.29. The first-order chi connectivity index (χ1) is 17.0. The molecule has 0 aliphatic carbocycles. The lowest BCUT2D eigenvalue weighted by molar-refractivity contribution is 0.122. The first-order valence-electron chi connectivity index (χ1n) is 12.0. The lowest BCUT2D eigenvalue weighted by Crippen LogP contribution is -2.49. The number of hydrogen-bond acceptors (Lipinski definition) is 9. The quantitative estimate of drug-likeness (QED) is 0.540. The number of rotatable bonds is 5. The van der Waals surface area contributed by atoms with Crippen molar-refractivity contribution in [2.75, 3.05) is 70.2 Å². The Labute approximate surface area is 209 Å². The van der Waals surface area contributed by atoms with Crippen LogP contribution in [0, 0.1) is 0 Å². The summed E-state index contributed by atoms with van der Waals surface area (Å²) < 4.78 is 30.9. The van der Waals surface area contributed by atoms with Crippen molar-refractivity contribution in [3.8, 4) is 11.4 Å². The zero-order valence-electron chi connectivity index (χ0n) is 19.7. The van der Waals surface area contributed by atoms with Crippen molar-refractivity contribution in [1.29, 1.82) is 0 Å². The summed E-state index contributed by atoms with van der Waals surface area (Å²) in [5, 5.41) is 8.64. The van der Waals surface area contributed by atoms with E-state index in [1.165, 1.54) is 11.2 Å². The molecule has 1 N–H and O–H groups in total. The van der Waals surface area contributed by atoms with Crippen molar-refractivity contribution in [3.63, 3.8) is 0 Å². The highest BCUT2D eigenvalue weighted by Crippen LogP contribution is 2.43. The maximum absolute atomic E-state index is 11.9. The number of aromatic nitrogens is 4. The van der Waals surface area contributed by atoms with Crippen LogP contribution >= 0.6 is 11.8 Å². The second kappa shape index (κ2) is 9.32. The molecule has 186 valence electrons. The van der Waals surface area contributed by atoms with Crippen molar-refractivity contribution >= 4 is 38.5 Å². The van der Waals surface area contributed by atoms with Crippen LogP contribution in [0.5, 0.6) is 0 Å². The predicted molar refractivity (Wildman–Crippen MR) is 136 cm³/mol. The molecule has 2 saturated heterocycles. The van der Waals surface area contributed by atoms with E-state index in [1.807, 2.05) is 30.1 Å². The molecule has 1 aromatic carbocycles. The fourth-order valence-corrected chi connectivity index (χ4v) is 7.31. The second-order valence-corrected chi connectivity index (χ2v) is 12.6. The summed E-state index contributed by atoms with van der Waals surface area (Å²) in [7, 11) is -3.12. The molecular weight excluding hydrogens is 486 g/mol. The minimum atomic E-state index is -3.12. The first-order valence-corrected chi connectivity index (χ1v) is 14.7. The monoisotopic (exact) mass is 515 g/mol. The van der Waals surface area contributed by atoms with Gasteiger partial charge in [0.1, 0.15) is 5.82 Å². The van der Waals surface area contributed by atoms with Crippen molar-refractivity contribution in [1.82, 2.24) is 29.4 Å². The lowest BCUT2D eigenvalue weighted by atomic mass is 10.1. The zero-order valence-corrected chi connectivity index (χ0v) is 21.3. The molecule has 0 unspecified atom stereocenters. The summed E-state index contributed by atoms with van der Waals surface area (Å²) in [4.78, 5) is 16.0. The maximum Gasteiger partial charge on any atom is 0.211 e. The van der Waals surface area contributed by atoms with Crippen LogP contribution in [0.25, 0.3) is 22.3 Å². The third-order valence-corrected chi connectivity index (χ3v) is 9.53. The van der Waals surface area contributed by atoms with Gasteiger partial charge in [-0.25, -0.2) is 18.4 Å². The van der Waals surface area contributed by atoms with Crippen molar-refractivity contribution in [2.45, 2.75) is 16.6 Å². The Morgan fingerprint density at radius 3 is 2.69 bits per heavy atom. The van der Waals surface area contributed by atoms with Gasteiger partial charge in [0.25, 0.3) is 0 Å². The lowest BCUT2D eigenvalue weighted by Gasteiger charge is -2.34. The Balaban J connectivity index is 1.27. The van der Waals surface area contributed by atoms with E-state index in [1.54, 1.807) is 4.31 Å². The third-order valence-electron chi connectivity index (χ3n) is 6.92. The third kappa shape index (κ3) is 4.65. The molecular formula is C23H29N7O3S2. The minimum Gasteiger partial charge on any atom is -0.378 e. The van der Waals surface area contributed by atoms with Crippen molar-refractivity contribution in [2.24, 2.45) is 0 Å². The number of sulfonamides is 1. The van der Waals surface area contributed by atoms with E-state index in [-0.39, 0.29) is 0 Å². The number of ether oxygens (including phenoxy) is 1. The number of morpholine rings is 1. The number of thioether (sulfide) groups is 1. The van der Waals surface area contributed by atoms with Gasteiger partial charge in [-0.15, -0.1) is 11.8 Å².